The number of ether oxygens (including phenoxy) is 1. The Morgan fingerprint density at radius 3 is 2.81 bits per heavy atom. The van der Waals surface area contributed by atoms with Gasteiger partial charge < -0.3 is 9.64 Å². The van der Waals surface area contributed by atoms with E-state index >= 15 is 0 Å². The molecule has 6 nitrogen and oxygen atoms in total. The largest absolute Gasteiger partial charge is 0.444 e. The molecule has 1 saturated heterocycles. The van der Waals surface area contributed by atoms with Crippen molar-refractivity contribution in [2.45, 2.75) is 52.2 Å². The first-order valence-electron chi connectivity index (χ1n) is 8.97. The van der Waals surface area contributed by atoms with Crippen molar-refractivity contribution in [1.82, 2.24) is 9.88 Å². The number of amides is 2. The maximum atomic E-state index is 12.5. The van der Waals surface area contributed by atoms with Crippen LogP contribution in [0, 0.1) is 6.92 Å². The van der Waals surface area contributed by atoms with Crippen molar-refractivity contribution in [2.24, 2.45) is 0 Å². The Bertz CT molecular complexity index is 861. The summed E-state index contributed by atoms with van der Waals surface area (Å²) >= 11 is 7.59. The number of anilines is 1. The number of piperidine rings is 1. The zero-order valence-electron chi connectivity index (χ0n) is 16.0. The molecular formula is C19H24ClN3O3S. The van der Waals surface area contributed by atoms with Crippen LogP contribution < -0.4 is 4.90 Å². The Morgan fingerprint density at radius 1 is 1.41 bits per heavy atom. The summed E-state index contributed by atoms with van der Waals surface area (Å²) in [5, 5.41) is 2.39. The van der Waals surface area contributed by atoms with E-state index in [1.54, 1.807) is 22.4 Å². The number of pyridine rings is 1. The Hall–Kier alpha value is -1.86. The summed E-state index contributed by atoms with van der Waals surface area (Å²) < 4.78 is 6.54. The van der Waals surface area contributed by atoms with Gasteiger partial charge in [0.2, 0.25) is 0 Å². The second-order valence-corrected chi connectivity index (χ2v) is 9.01. The van der Waals surface area contributed by atoms with E-state index in [1.807, 2.05) is 39.1 Å². The molecule has 2 amide bonds. The number of thiophene rings is 1. The molecule has 3 heterocycles. The van der Waals surface area contributed by atoms with Crippen molar-refractivity contribution in [1.29, 1.82) is 0 Å². The number of halogens is 1. The van der Waals surface area contributed by atoms with Crippen LogP contribution in [0.4, 0.5) is 15.4 Å². The van der Waals surface area contributed by atoms with Gasteiger partial charge in [0.1, 0.15) is 11.4 Å². The van der Waals surface area contributed by atoms with Crippen LogP contribution in [0.1, 0.15) is 39.2 Å². The van der Waals surface area contributed by atoms with Crippen LogP contribution >= 0.6 is 22.9 Å². The minimum atomic E-state index is -0.586. The fraction of sp³-hybridized carbons (Fsp3) is 0.526. The van der Waals surface area contributed by atoms with Crippen LogP contribution in [0.15, 0.2) is 17.6 Å². The summed E-state index contributed by atoms with van der Waals surface area (Å²) in [6, 6.07) is 1.69. The van der Waals surface area contributed by atoms with E-state index in [9.17, 15) is 9.59 Å². The van der Waals surface area contributed by atoms with Crippen LogP contribution in [0.5, 0.6) is 0 Å². The van der Waals surface area contributed by atoms with E-state index in [-0.39, 0.29) is 12.1 Å². The molecular weight excluding hydrogens is 386 g/mol. The lowest BCUT2D eigenvalue weighted by atomic mass is 10.0. The topological polar surface area (TPSA) is 62.7 Å². The summed E-state index contributed by atoms with van der Waals surface area (Å²) in [5.74, 6) is 0.558. The van der Waals surface area contributed by atoms with Crippen LogP contribution in [-0.4, -0.2) is 46.1 Å². The highest BCUT2D eigenvalue weighted by Gasteiger charge is 2.34. The lowest BCUT2D eigenvalue weighted by Gasteiger charge is -2.38. The number of fused-ring (bicyclic) bond motifs is 1. The number of hydrogen-bond donors (Lipinski definition) is 0. The molecule has 2 aromatic rings. The predicted octanol–water partition coefficient (Wildman–Crippen LogP) is 5.17. The van der Waals surface area contributed by atoms with E-state index in [2.05, 4.69) is 4.98 Å². The van der Waals surface area contributed by atoms with Crippen molar-refractivity contribution in [2.75, 3.05) is 18.0 Å². The van der Waals surface area contributed by atoms with E-state index in [1.165, 1.54) is 4.90 Å². The monoisotopic (exact) mass is 409 g/mol. The molecule has 0 aliphatic carbocycles. The number of rotatable bonds is 2. The van der Waals surface area contributed by atoms with Gasteiger partial charge in [-0.3, -0.25) is 9.69 Å². The molecule has 1 atom stereocenters. The first-order chi connectivity index (χ1) is 12.7. The first-order valence-corrected chi connectivity index (χ1v) is 10.2. The van der Waals surface area contributed by atoms with Gasteiger partial charge in [0.15, 0.2) is 0 Å². The zero-order valence-corrected chi connectivity index (χ0v) is 17.6. The highest BCUT2D eigenvalue weighted by Crippen LogP contribution is 2.35. The Labute approximate surface area is 168 Å². The van der Waals surface area contributed by atoms with Crippen LogP contribution in [-0.2, 0) is 4.74 Å². The maximum absolute atomic E-state index is 12.5. The van der Waals surface area contributed by atoms with Gasteiger partial charge in [0.25, 0.3) is 0 Å². The fourth-order valence-corrected chi connectivity index (χ4v) is 4.50. The number of carbonyl (C=O) groups excluding carboxylic acids is 2. The van der Waals surface area contributed by atoms with E-state index < -0.39 is 11.0 Å². The molecule has 0 N–H and O–H groups in total. The van der Waals surface area contributed by atoms with E-state index in [0.29, 0.717) is 18.9 Å². The van der Waals surface area contributed by atoms with Gasteiger partial charge in [-0.2, -0.15) is 0 Å². The van der Waals surface area contributed by atoms with Gasteiger partial charge in [0.05, 0.1) is 6.04 Å². The quantitative estimate of drug-likeness (QED) is 0.507. The molecule has 0 saturated carbocycles. The summed E-state index contributed by atoms with van der Waals surface area (Å²) in [4.78, 5) is 32.4. The first kappa shape index (κ1) is 19.9. The smallest absolute Gasteiger partial charge is 0.410 e. The van der Waals surface area contributed by atoms with Gasteiger partial charge >= 0.3 is 11.5 Å². The molecule has 146 valence electrons. The summed E-state index contributed by atoms with van der Waals surface area (Å²) in [6.07, 6.45) is 2.84. The third-order valence-corrected chi connectivity index (χ3v) is 5.73. The molecule has 0 aromatic carbocycles. The molecule has 1 fully saturated rings. The summed E-state index contributed by atoms with van der Waals surface area (Å²) in [5.41, 5.74) is 0.494. The molecule has 8 heteroatoms. The van der Waals surface area contributed by atoms with Crippen molar-refractivity contribution in [3.63, 3.8) is 0 Å². The predicted molar refractivity (Wildman–Crippen MR) is 109 cm³/mol. The molecule has 27 heavy (non-hydrogen) atoms. The van der Waals surface area contributed by atoms with Crippen molar-refractivity contribution >= 4 is 50.3 Å². The van der Waals surface area contributed by atoms with Crippen LogP contribution in [0.3, 0.4) is 0 Å². The third kappa shape index (κ3) is 4.35. The number of aromatic nitrogens is 1. The summed E-state index contributed by atoms with van der Waals surface area (Å²) in [6.45, 7) is 8.48. The van der Waals surface area contributed by atoms with Crippen molar-refractivity contribution < 1.29 is 14.3 Å². The Kier molecular flexibility index (Phi) is 5.63. The molecule has 1 aliphatic rings. The number of nitrogens with zero attached hydrogens (tertiary/aromatic N) is 3. The Morgan fingerprint density at radius 2 is 2.15 bits per heavy atom. The average molecular weight is 410 g/mol. The fourth-order valence-electron chi connectivity index (χ4n) is 3.35. The molecule has 0 spiro atoms. The normalized spacial score (nSPS) is 17.8. The Balaban J connectivity index is 1.90. The zero-order chi connectivity index (χ0) is 19.8. The van der Waals surface area contributed by atoms with Gasteiger partial charge in [-0.1, -0.05) is 0 Å². The molecule has 0 radical (unpaired) electrons. The van der Waals surface area contributed by atoms with Crippen molar-refractivity contribution in [3.05, 3.63) is 23.2 Å². The maximum Gasteiger partial charge on any atom is 0.410 e. The number of likely N-dealkylation sites (tertiary alicyclic amines) is 1. The van der Waals surface area contributed by atoms with Gasteiger partial charge in [-0.05, 0) is 69.1 Å². The van der Waals surface area contributed by atoms with Crippen LogP contribution in [0.25, 0.3) is 10.1 Å². The van der Waals surface area contributed by atoms with E-state index in [0.717, 1.165) is 28.5 Å². The minimum absolute atomic E-state index is 0.242. The second-order valence-electron chi connectivity index (χ2n) is 7.77. The number of carbonyl (C=O) groups is 2. The molecule has 3 rings (SSSR count). The van der Waals surface area contributed by atoms with Gasteiger partial charge in [-0.15, -0.1) is 11.3 Å². The second kappa shape index (κ2) is 7.64. The molecule has 0 unspecified atom stereocenters. The van der Waals surface area contributed by atoms with Gasteiger partial charge in [0, 0.05) is 29.4 Å². The number of hydrogen-bond acceptors (Lipinski definition) is 5. The summed E-state index contributed by atoms with van der Waals surface area (Å²) in [7, 11) is 0. The van der Waals surface area contributed by atoms with Crippen LogP contribution in [0.2, 0.25) is 0 Å². The lowest BCUT2D eigenvalue weighted by Crippen LogP contribution is -2.52. The minimum Gasteiger partial charge on any atom is -0.444 e. The lowest BCUT2D eigenvalue weighted by molar-refractivity contribution is 0.0200. The third-order valence-electron chi connectivity index (χ3n) is 4.48. The molecule has 0 bridgehead atoms. The van der Waals surface area contributed by atoms with E-state index in [4.69, 9.17) is 16.3 Å². The average Bonchev–Trinajstić information content (AvgIpc) is 2.96. The highest BCUT2D eigenvalue weighted by atomic mass is 35.5. The standard InChI is InChI=1S/C19H24ClN3O3S/c1-12-11-27-14-7-8-21-16(15(12)14)23(17(20)24)13-6-5-9-22(10-13)18(25)26-19(2,3)4/h7-8,11,13H,5-6,9-10H2,1-4H3/t13-/m1/s1. The van der Waals surface area contributed by atoms with Crippen molar-refractivity contribution in [3.8, 4) is 0 Å². The molecule has 2 aromatic heterocycles. The SMILES string of the molecule is Cc1csc2ccnc(N(C(=O)Cl)[C@@H]3CCCN(C(=O)OC(C)(C)C)C3)c12. The highest BCUT2D eigenvalue weighted by molar-refractivity contribution is 7.17. The number of aryl methyl sites for hydroxylation is 1. The van der Waals surface area contributed by atoms with Gasteiger partial charge in [-0.25, -0.2) is 9.78 Å². The molecule has 1 aliphatic heterocycles.